The van der Waals surface area contributed by atoms with E-state index in [1.165, 1.54) is 17.7 Å². The highest BCUT2D eigenvalue weighted by atomic mass is 15.2. The van der Waals surface area contributed by atoms with Crippen molar-refractivity contribution in [1.82, 2.24) is 5.43 Å². The van der Waals surface area contributed by atoms with E-state index < -0.39 is 0 Å². The number of anilines is 1. The number of nitrogens with two attached hydrogens (primary N) is 1. The highest BCUT2D eigenvalue weighted by Gasteiger charge is 2.11. The Morgan fingerprint density at radius 2 is 1.94 bits per heavy atom. The van der Waals surface area contributed by atoms with Gasteiger partial charge in [-0.05, 0) is 36.5 Å². The summed E-state index contributed by atoms with van der Waals surface area (Å²) in [6.07, 6.45) is 2.26. The third-order valence-corrected chi connectivity index (χ3v) is 3.02. The predicted molar refractivity (Wildman–Crippen MR) is 74.9 cm³/mol. The van der Waals surface area contributed by atoms with Gasteiger partial charge < -0.3 is 4.90 Å². The molecule has 0 saturated heterocycles. The molecule has 1 aromatic rings. The van der Waals surface area contributed by atoms with E-state index in [1.54, 1.807) is 0 Å². The summed E-state index contributed by atoms with van der Waals surface area (Å²) < 4.78 is 0. The Hall–Kier alpha value is -1.06. The molecule has 0 spiro atoms. The number of nitrogens with one attached hydrogen (secondary N) is 1. The second kappa shape index (κ2) is 6.62. The molecular weight excluding hydrogens is 210 g/mol. The molecule has 1 aromatic carbocycles. The first-order valence-corrected chi connectivity index (χ1v) is 6.28. The van der Waals surface area contributed by atoms with E-state index in [0.29, 0.717) is 5.92 Å². The standard InChI is InChI=1S/C14H25N3/c1-11(2)8-9-14(16-15)12-6-5-7-13(10-12)17(3)4/h5-7,10-11,14,16H,8-9,15H2,1-4H3. The van der Waals surface area contributed by atoms with Crippen molar-refractivity contribution in [3.05, 3.63) is 29.8 Å². The zero-order valence-corrected chi connectivity index (χ0v) is 11.4. The molecule has 0 bridgehead atoms. The highest BCUT2D eigenvalue weighted by molar-refractivity contribution is 5.47. The van der Waals surface area contributed by atoms with Gasteiger partial charge in [0.15, 0.2) is 0 Å². The van der Waals surface area contributed by atoms with E-state index in [4.69, 9.17) is 5.84 Å². The van der Waals surface area contributed by atoms with Crippen LogP contribution < -0.4 is 16.2 Å². The molecule has 3 nitrogen and oxygen atoms in total. The maximum absolute atomic E-state index is 5.65. The van der Waals surface area contributed by atoms with Gasteiger partial charge in [0, 0.05) is 25.8 Å². The second-order valence-corrected chi connectivity index (χ2v) is 5.18. The van der Waals surface area contributed by atoms with Gasteiger partial charge >= 0.3 is 0 Å². The zero-order chi connectivity index (χ0) is 12.8. The van der Waals surface area contributed by atoms with Crippen LogP contribution in [0.2, 0.25) is 0 Å². The SMILES string of the molecule is CC(C)CCC(NN)c1cccc(N(C)C)c1. The number of benzene rings is 1. The monoisotopic (exact) mass is 235 g/mol. The van der Waals surface area contributed by atoms with Crippen molar-refractivity contribution in [3.63, 3.8) is 0 Å². The predicted octanol–water partition coefficient (Wildman–Crippen LogP) is 2.69. The van der Waals surface area contributed by atoms with Crippen molar-refractivity contribution in [2.75, 3.05) is 19.0 Å². The molecule has 0 aromatic heterocycles. The summed E-state index contributed by atoms with van der Waals surface area (Å²) in [4.78, 5) is 2.11. The van der Waals surface area contributed by atoms with Crippen LogP contribution in [0, 0.1) is 5.92 Å². The molecule has 0 saturated carbocycles. The summed E-state index contributed by atoms with van der Waals surface area (Å²) in [5.74, 6) is 6.36. The third kappa shape index (κ3) is 4.36. The van der Waals surface area contributed by atoms with Gasteiger partial charge in [0.1, 0.15) is 0 Å². The number of hydrogen-bond donors (Lipinski definition) is 2. The van der Waals surface area contributed by atoms with Crippen LogP contribution in [0.1, 0.15) is 38.3 Å². The number of hydrogen-bond acceptors (Lipinski definition) is 3. The molecule has 0 amide bonds. The minimum absolute atomic E-state index is 0.247. The Balaban J connectivity index is 2.77. The van der Waals surface area contributed by atoms with Crippen molar-refractivity contribution < 1.29 is 0 Å². The number of rotatable bonds is 6. The molecule has 1 rings (SSSR count). The summed E-state index contributed by atoms with van der Waals surface area (Å²) in [7, 11) is 4.11. The van der Waals surface area contributed by atoms with Crippen LogP contribution in [-0.2, 0) is 0 Å². The fraction of sp³-hybridized carbons (Fsp3) is 0.571. The molecule has 0 aliphatic rings. The van der Waals surface area contributed by atoms with Gasteiger partial charge in [-0.15, -0.1) is 0 Å². The van der Waals surface area contributed by atoms with E-state index in [0.717, 1.165) is 6.42 Å². The van der Waals surface area contributed by atoms with Gasteiger partial charge in [-0.2, -0.15) is 0 Å². The molecule has 1 unspecified atom stereocenters. The van der Waals surface area contributed by atoms with Gasteiger partial charge in [-0.1, -0.05) is 26.0 Å². The summed E-state index contributed by atoms with van der Waals surface area (Å²) in [5, 5.41) is 0. The van der Waals surface area contributed by atoms with Gasteiger partial charge in [-0.3, -0.25) is 11.3 Å². The Morgan fingerprint density at radius 3 is 2.47 bits per heavy atom. The van der Waals surface area contributed by atoms with Crippen LogP contribution in [0.25, 0.3) is 0 Å². The molecule has 17 heavy (non-hydrogen) atoms. The van der Waals surface area contributed by atoms with Crippen molar-refractivity contribution in [3.8, 4) is 0 Å². The minimum atomic E-state index is 0.247. The zero-order valence-electron chi connectivity index (χ0n) is 11.4. The van der Waals surface area contributed by atoms with Gasteiger partial charge in [0.25, 0.3) is 0 Å². The van der Waals surface area contributed by atoms with Crippen LogP contribution in [-0.4, -0.2) is 14.1 Å². The van der Waals surface area contributed by atoms with E-state index >= 15 is 0 Å². The highest BCUT2D eigenvalue weighted by Crippen LogP contribution is 2.23. The van der Waals surface area contributed by atoms with Crippen molar-refractivity contribution >= 4 is 5.69 Å². The maximum atomic E-state index is 5.65. The summed E-state index contributed by atoms with van der Waals surface area (Å²) in [5.41, 5.74) is 5.40. The van der Waals surface area contributed by atoms with Crippen LogP contribution in [0.5, 0.6) is 0 Å². The topological polar surface area (TPSA) is 41.3 Å². The van der Waals surface area contributed by atoms with Crippen LogP contribution >= 0.6 is 0 Å². The molecule has 3 heteroatoms. The van der Waals surface area contributed by atoms with Crippen LogP contribution in [0.15, 0.2) is 24.3 Å². The van der Waals surface area contributed by atoms with Crippen molar-refractivity contribution in [1.29, 1.82) is 0 Å². The smallest absolute Gasteiger partial charge is 0.0460 e. The lowest BCUT2D eigenvalue weighted by atomic mass is 9.98. The lowest BCUT2D eigenvalue weighted by Crippen LogP contribution is -2.28. The normalized spacial score (nSPS) is 12.8. The van der Waals surface area contributed by atoms with Crippen molar-refractivity contribution in [2.24, 2.45) is 11.8 Å². The molecule has 0 radical (unpaired) electrons. The molecule has 0 aliphatic heterocycles. The Kier molecular flexibility index (Phi) is 5.45. The summed E-state index contributed by atoms with van der Waals surface area (Å²) in [6, 6.07) is 8.78. The second-order valence-electron chi connectivity index (χ2n) is 5.18. The Labute approximate surface area is 105 Å². The van der Waals surface area contributed by atoms with E-state index in [-0.39, 0.29) is 6.04 Å². The van der Waals surface area contributed by atoms with Gasteiger partial charge in [0.05, 0.1) is 0 Å². The lowest BCUT2D eigenvalue weighted by Gasteiger charge is -2.20. The molecule has 0 fully saturated rings. The molecule has 96 valence electrons. The van der Waals surface area contributed by atoms with Gasteiger partial charge in [-0.25, -0.2) is 0 Å². The van der Waals surface area contributed by atoms with E-state index in [1.807, 2.05) is 0 Å². The number of nitrogens with zero attached hydrogens (tertiary/aromatic N) is 1. The molecular formula is C14H25N3. The maximum Gasteiger partial charge on any atom is 0.0460 e. The van der Waals surface area contributed by atoms with E-state index in [9.17, 15) is 0 Å². The minimum Gasteiger partial charge on any atom is -0.378 e. The Bertz CT molecular complexity index is 334. The average Bonchev–Trinajstić information content (AvgIpc) is 2.30. The fourth-order valence-corrected chi connectivity index (χ4v) is 1.87. The first-order valence-electron chi connectivity index (χ1n) is 6.28. The largest absolute Gasteiger partial charge is 0.378 e. The van der Waals surface area contributed by atoms with Crippen molar-refractivity contribution in [2.45, 2.75) is 32.7 Å². The first kappa shape index (κ1) is 14.0. The molecule has 0 heterocycles. The fourth-order valence-electron chi connectivity index (χ4n) is 1.87. The quantitative estimate of drug-likeness (QED) is 0.588. The summed E-state index contributed by atoms with van der Waals surface area (Å²) in [6.45, 7) is 4.48. The van der Waals surface area contributed by atoms with E-state index in [2.05, 4.69) is 62.5 Å². The van der Waals surface area contributed by atoms with Crippen LogP contribution in [0.3, 0.4) is 0 Å². The molecule has 1 atom stereocenters. The number of hydrazine groups is 1. The lowest BCUT2D eigenvalue weighted by molar-refractivity contribution is 0.448. The van der Waals surface area contributed by atoms with Gasteiger partial charge in [0.2, 0.25) is 0 Å². The summed E-state index contributed by atoms with van der Waals surface area (Å²) >= 11 is 0. The van der Waals surface area contributed by atoms with Crippen LogP contribution in [0.4, 0.5) is 5.69 Å². The first-order chi connectivity index (χ1) is 8.04. The average molecular weight is 235 g/mol. The Morgan fingerprint density at radius 1 is 1.24 bits per heavy atom. The molecule has 0 aliphatic carbocycles. The molecule has 3 N–H and O–H groups in total. The third-order valence-electron chi connectivity index (χ3n) is 3.02.